The third-order valence-electron chi connectivity index (χ3n) is 8.79. The van der Waals surface area contributed by atoms with Gasteiger partial charge < -0.3 is 4.57 Å². The molecular weight excluding hydrogens is 482 g/mol. The van der Waals surface area contributed by atoms with Crippen LogP contribution in [0.1, 0.15) is 25.0 Å². The highest BCUT2D eigenvalue weighted by atomic mass is 15.0. The summed E-state index contributed by atoms with van der Waals surface area (Å²) in [6.45, 7) is 4.71. The predicted molar refractivity (Wildman–Crippen MR) is 169 cm³/mol. The molecule has 0 N–H and O–H groups in total. The minimum atomic E-state index is -0.0521. The first-order chi connectivity index (χ1) is 19.6. The van der Waals surface area contributed by atoms with Crippen LogP contribution in [0, 0.1) is 0 Å². The van der Waals surface area contributed by atoms with Crippen LogP contribution in [0.3, 0.4) is 0 Å². The first-order valence-corrected chi connectivity index (χ1v) is 14.0. The van der Waals surface area contributed by atoms with E-state index in [1.807, 2.05) is 0 Å². The van der Waals surface area contributed by atoms with Gasteiger partial charge in [-0.25, -0.2) is 0 Å². The van der Waals surface area contributed by atoms with E-state index in [-0.39, 0.29) is 5.41 Å². The van der Waals surface area contributed by atoms with Gasteiger partial charge in [0.15, 0.2) is 0 Å². The maximum absolute atomic E-state index is 2.49. The van der Waals surface area contributed by atoms with Gasteiger partial charge in [0.1, 0.15) is 0 Å². The summed E-state index contributed by atoms with van der Waals surface area (Å²) < 4.78 is 2.49. The Morgan fingerprint density at radius 3 is 1.90 bits per heavy atom. The van der Waals surface area contributed by atoms with Gasteiger partial charge in [0.05, 0.1) is 11.0 Å². The zero-order valence-corrected chi connectivity index (χ0v) is 22.7. The topological polar surface area (TPSA) is 4.93 Å². The minimum Gasteiger partial charge on any atom is -0.309 e. The Bertz CT molecular complexity index is 2060. The molecule has 0 spiro atoms. The van der Waals surface area contributed by atoms with E-state index in [2.05, 4.69) is 158 Å². The van der Waals surface area contributed by atoms with Crippen LogP contribution < -0.4 is 0 Å². The third kappa shape index (κ3) is 3.28. The van der Waals surface area contributed by atoms with Crippen LogP contribution in [0.15, 0.2) is 140 Å². The molecule has 0 amide bonds. The van der Waals surface area contributed by atoms with Crippen LogP contribution >= 0.6 is 0 Å². The molecule has 7 aromatic rings. The van der Waals surface area contributed by atoms with E-state index in [1.165, 1.54) is 72.0 Å². The molecule has 1 aromatic heterocycles. The lowest BCUT2D eigenvalue weighted by molar-refractivity contribution is 0.660. The van der Waals surface area contributed by atoms with Crippen molar-refractivity contribution in [3.05, 3.63) is 151 Å². The highest BCUT2D eigenvalue weighted by Crippen LogP contribution is 2.50. The lowest BCUT2D eigenvalue weighted by atomic mass is 9.82. The lowest BCUT2D eigenvalue weighted by Gasteiger charge is -2.22. The molecule has 1 aliphatic rings. The Hall–Kier alpha value is -4.88. The second kappa shape index (κ2) is 8.56. The Morgan fingerprint density at radius 2 is 1.10 bits per heavy atom. The van der Waals surface area contributed by atoms with E-state index in [4.69, 9.17) is 0 Å². The summed E-state index contributed by atoms with van der Waals surface area (Å²) in [5.74, 6) is 0. The van der Waals surface area contributed by atoms with Crippen molar-refractivity contribution in [2.24, 2.45) is 0 Å². The second-order valence-corrected chi connectivity index (χ2v) is 11.4. The third-order valence-corrected chi connectivity index (χ3v) is 8.79. The molecule has 0 fully saturated rings. The molecule has 1 heteroatoms. The van der Waals surface area contributed by atoms with E-state index in [0.717, 1.165) is 0 Å². The van der Waals surface area contributed by atoms with Crippen molar-refractivity contribution < 1.29 is 0 Å². The highest BCUT2D eigenvalue weighted by molar-refractivity contribution is 6.15. The fourth-order valence-corrected chi connectivity index (χ4v) is 6.83. The summed E-state index contributed by atoms with van der Waals surface area (Å²) in [5, 5.41) is 2.55. The lowest BCUT2D eigenvalue weighted by Crippen LogP contribution is -2.15. The fourth-order valence-electron chi connectivity index (χ4n) is 6.83. The molecule has 6 aromatic carbocycles. The Morgan fingerprint density at radius 1 is 0.450 bits per heavy atom. The standard InChI is InChI=1S/C39H29N/c1-39(2)35-19-11-9-17-30(35)31-22-21-29(25-36(31)39)40-37-20-12-10-18-32(37)34-24-28(26-13-5-3-6-14-26)23-33(38(34)40)27-15-7-4-8-16-27/h3-25H,1-2H3. The van der Waals surface area contributed by atoms with Crippen molar-refractivity contribution >= 4 is 21.8 Å². The predicted octanol–water partition coefficient (Wildman–Crippen LogP) is 10.4. The van der Waals surface area contributed by atoms with Crippen LogP contribution in [-0.2, 0) is 5.41 Å². The molecule has 1 nitrogen and oxygen atoms in total. The molecule has 0 bridgehead atoms. The maximum atomic E-state index is 2.49. The molecule has 190 valence electrons. The SMILES string of the molecule is CC1(C)c2ccccc2-c2ccc(-n3c4ccccc4c4cc(-c5ccccc5)cc(-c5ccccc5)c43)cc21. The zero-order valence-electron chi connectivity index (χ0n) is 22.7. The smallest absolute Gasteiger partial charge is 0.0619 e. The number of hydrogen-bond acceptors (Lipinski definition) is 0. The zero-order chi connectivity index (χ0) is 26.8. The maximum Gasteiger partial charge on any atom is 0.0619 e. The van der Waals surface area contributed by atoms with Gasteiger partial charge >= 0.3 is 0 Å². The first kappa shape index (κ1) is 23.0. The Labute approximate surface area is 235 Å². The summed E-state index contributed by atoms with van der Waals surface area (Å²) in [6, 6.07) is 51.1. The van der Waals surface area contributed by atoms with Crippen molar-refractivity contribution in [2.75, 3.05) is 0 Å². The van der Waals surface area contributed by atoms with Crippen LogP contribution in [0.5, 0.6) is 0 Å². The summed E-state index contributed by atoms with van der Waals surface area (Å²) >= 11 is 0. The number of para-hydroxylation sites is 1. The molecule has 1 aliphatic carbocycles. The summed E-state index contributed by atoms with van der Waals surface area (Å²) in [5.41, 5.74) is 14.1. The number of benzene rings is 6. The summed E-state index contributed by atoms with van der Waals surface area (Å²) in [4.78, 5) is 0. The number of nitrogens with zero attached hydrogens (tertiary/aromatic N) is 1. The normalized spacial score (nSPS) is 13.4. The molecule has 1 heterocycles. The molecule has 0 aliphatic heterocycles. The van der Waals surface area contributed by atoms with Crippen molar-refractivity contribution in [3.8, 4) is 39.1 Å². The molecule has 40 heavy (non-hydrogen) atoms. The van der Waals surface area contributed by atoms with Crippen molar-refractivity contribution in [1.29, 1.82) is 0 Å². The quantitative estimate of drug-likeness (QED) is 0.222. The van der Waals surface area contributed by atoms with E-state index in [0.29, 0.717) is 0 Å². The van der Waals surface area contributed by atoms with Gasteiger partial charge in [-0.3, -0.25) is 0 Å². The average Bonchev–Trinajstić information content (AvgIpc) is 3.46. The molecule has 0 atom stereocenters. The molecule has 0 radical (unpaired) electrons. The van der Waals surface area contributed by atoms with E-state index in [1.54, 1.807) is 0 Å². The second-order valence-electron chi connectivity index (χ2n) is 11.4. The van der Waals surface area contributed by atoms with Gasteiger partial charge in [-0.05, 0) is 69.3 Å². The number of hydrogen-bond donors (Lipinski definition) is 0. The van der Waals surface area contributed by atoms with Crippen molar-refractivity contribution in [2.45, 2.75) is 19.3 Å². The molecular formula is C39H29N. The van der Waals surface area contributed by atoms with Crippen molar-refractivity contribution in [1.82, 2.24) is 4.57 Å². The number of fused-ring (bicyclic) bond motifs is 6. The van der Waals surface area contributed by atoms with Crippen LogP contribution in [-0.4, -0.2) is 4.57 Å². The highest BCUT2D eigenvalue weighted by Gasteiger charge is 2.35. The van der Waals surface area contributed by atoms with Gasteiger partial charge in [-0.1, -0.05) is 123 Å². The van der Waals surface area contributed by atoms with Gasteiger partial charge in [0.2, 0.25) is 0 Å². The van der Waals surface area contributed by atoms with Gasteiger partial charge in [-0.2, -0.15) is 0 Å². The van der Waals surface area contributed by atoms with Gasteiger partial charge in [0.25, 0.3) is 0 Å². The molecule has 8 rings (SSSR count). The number of aromatic nitrogens is 1. The van der Waals surface area contributed by atoms with Gasteiger partial charge in [0, 0.05) is 27.4 Å². The van der Waals surface area contributed by atoms with Gasteiger partial charge in [-0.15, -0.1) is 0 Å². The summed E-state index contributed by atoms with van der Waals surface area (Å²) in [7, 11) is 0. The van der Waals surface area contributed by atoms with Crippen molar-refractivity contribution in [3.63, 3.8) is 0 Å². The van der Waals surface area contributed by atoms with Crippen LogP contribution in [0.2, 0.25) is 0 Å². The van der Waals surface area contributed by atoms with E-state index >= 15 is 0 Å². The largest absolute Gasteiger partial charge is 0.309 e. The van der Waals surface area contributed by atoms with Crippen LogP contribution in [0.4, 0.5) is 0 Å². The number of rotatable bonds is 3. The Kier molecular flexibility index (Phi) is 4.93. The van der Waals surface area contributed by atoms with E-state index in [9.17, 15) is 0 Å². The molecule has 0 saturated heterocycles. The average molecular weight is 512 g/mol. The van der Waals surface area contributed by atoms with Crippen LogP contribution in [0.25, 0.3) is 60.9 Å². The Balaban J connectivity index is 1.47. The molecule has 0 unspecified atom stereocenters. The molecule has 0 saturated carbocycles. The van der Waals surface area contributed by atoms with E-state index < -0.39 is 0 Å². The first-order valence-electron chi connectivity index (χ1n) is 14.0. The fraction of sp³-hybridized carbons (Fsp3) is 0.0769. The summed E-state index contributed by atoms with van der Waals surface area (Å²) in [6.07, 6.45) is 0. The monoisotopic (exact) mass is 511 g/mol. The minimum absolute atomic E-state index is 0.0521.